The molecule has 0 amide bonds. The normalized spacial score (nSPS) is 17.8. The molecule has 0 fully saturated rings. The van der Waals surface area contributed by atoms with Gasteiger partial charge in [0.15, 0.2) is 0 Å². The summed E-state index contributed by atoms with van der Waals surface area (Å²) in [5.74, 6) is -0.258. The molecule has 1 atom stereocenters. The summed E-state index contributed by atoms with van der Waals surface area (Å²) in [7, 11) is 0. The van der Waals surface area contributed by atoms with E-state index in [9.17, 15) is 4.79 Å². The summed E-state index contributed by atoms with van der Waals surface area (Å²) in [6, 6.07) is 5.65. The van der Waals surface area contributed by atoms with E-state index in [1.807, 2.05) is 19.1 Å². The van der Waals surface area contributed by atoms with Crippen LogP contribution in [0, 0.1) is 6.92 Å². The number of carbonyl (C=O) groups is 1. The van der Waals surface area contributed by atoms with Crippen molar-refractivity contribution in [2.75, 3.05) is 5.32 Å². The molecule has 92 valence electrons. The molecule has 0 spiro atoms. The first-order chi connectivity index (χ1) is 8.65. The predicted octanol–water partition coefficient (Wildman–Crippen LogP) is 2.24. The van der Waals surface area contributed by atoms with E-state index in [2.05, 4.69) is 10.4 Å². The molecule has 0 radical (unpaired) electrons. The Balaban J connectivity index is 2.10. The number of thiophene rings is 1. The highest BCUT2D eigenvalue weighted by atomic mass is 32.1. The van der Waals surface area contributed by atoms with Crippen molar-refractivity contribution in [2.24, 2.45) is 0 Å². The molecule has 2 aromatic heterocycles. The zero-order valence-electron chi connectivity index (χ0n) is 9.62. The second-order valence-electron chi connectivity index (χ2n) is 4.06. The minimum absolute atomic E-state index is 0.152. The van der Waals surface area contributed by atoms with Gasteiger partial charge in [0.1, 0.15) is 17.6 Å². The zero-order chi connectivity index (χ0) is 12.7. The summed E-state index contributed by atoms with van der Waals surface area (Å²) in [5.41, 5.74) is 0.194. The monoisotopic (exact) mass is 261 g/mol. The molecule has 2 aromatic rings. The Morgan fingerprint density at radius 1 is 1.50 bits per heavy atom. The van der Waals surface area contributed by atoms with Gasteiger partial charge in [-0.1, -0.05) is 0 Å². The number of aliphatic carboxylic acids is 1. The van der Waals surface area contributed by atoms with E-state index < -0.39 is 5.97 Å². The Kier molecular flexibility index (Phi) is 2.45. The van der Waals surface area contributed by atoms with Crippen molar-refractivity contribution in [1.29, 1.82) is 0 Å². The van der Waals surface area contributed by atoms with Crippen LogP contribution in [0.3, 0.4) is 0 Å². The Morgan fingerprint density at radius 2 is 2.33 bits per heavy atom. The average molecular weight is 261 g/mol. The minimum Gasteiger partial charge on any atom is -0.477 e. The Hall–Kier alpha value is -2.08. The fourth-order valence-electron chi connectivity index (χ4n) is 1.98. The number of carboxylic acids is 1. The van der Waals surface area contributed by atoms with Crippen LogP contribution in [0.5, 0.6) is 0 Å². The summed E-state index contributed by atoms with van der Waals surface area (Å²) < 4.78 is 1.79. The third-order valence-electron chi connectivity index (χ3n) is 2.80. The fraction of sp³-hybridized carbons (Fsp3) is 0.167. The van der Waals surface area contributed by atoms with Gasteiger partial charge in [0.25, 0.3) is 0 Å². The summed E-state index contributed by atoms with van der Waals surface area (Å²) in [4.78, 5) is 13.4. The van der Waals surface area contributed by atoms with Crippen LogP contribution in [0.25, 0.3) is 0 Å². The predicted molar refractivity (Wildman–Crippen MR) is 68.8 cm³/mol. The average Bonchev–Trinajstić information content (AvgIpc) is 2.95. The number of aryl methyl sites for hydroxylation is 1. The van der Waals surface area contributed by atoms with Crippen molar-refractivity contribution in [2.45, 2.75) is 13.0 Å². The second-order valence-corrected chi connectivity index (χ2v) is 5.38. The van der Waals surface area contributed by atoms with Crippen LogP contribution in [-0.2, 0) is 4.79 Å². The molecule has 3 heterocycles. The lowest BCUT2D eigenvalue weighted by atomic mass is 10.1. The number of allylic oxidation sites excluding steroid dienone is 1. The quantitative estimate of drug-likeness (QED) is 0.870. The van der Waals surface area contributed by atoms with Crippen molar-refractivity contribution in [3.05, 3.63) is 45.9 Å². The molecule has 1 aliphatic heterocycles. The van der Waals surface area contributed by atoms with Gasteiger partial charge in [-0.3, -0.25) is 0 Å². The van der Waals surface area contributed by atoms with Gasteiger partial charge in [0.2, 0.25) is 0 Å². The van der Waals surface area contributed by atoms with E-state index in [1.54, 1.807) is 34.4 Å². The van der Waals surface area contributed by atoms with Gasteiger partial charge in [-0.25, -0.2) is 9.48 Å². The maximum absolute atomic E-state index is 11.1. The largest absolute Gasteiger partial charge is 0.477 e. The maximum Gasteiger partial charge on any atom is 0.352 e. The van der Waals surface area contributed by atoms with Crippen molar-refractivity contribution < 1.29 is 9.90 Å². The van der Waals surface area contributed by atoms with Gasteiger partial charge >= 0.3 is 5.97 Å². The van der Waals surface area contributed by atoms with E-state index in [-0.39, 0.29) is 11.7 Å². The molecule has 2 N–H and O–H groups in total. The molecule has 0 aromatic carbocycles. The lowest BCUT2D eigenvalue weighted by molar-refractivity contribution is -0.132. The first-order valence-corrected chi connectivity index (χ1v) is 6.29. The summed E-state index contributed by atoms with van der Waals surface area (Å²) in [6.07, 6.45) is 3.35. The molecule has 0 saturated carbocycles. The van der Waals surface area contributed by atoms with E-state index >= 15 is 0 Å². The Morgan fingerprint density at radius 3 is 3.00 bits per heavy atom. The van der Waals surface area contributed by atoms with Crippen LogP contribution < -0.4 is 5.32 Å². The van der Waals surface area contributed by atoms with Crippen molar-refractivity contribution >= 4 is 23.1 Å². The van der Waals surface area contributed by atoms with Crippen molar-refractivity contribution in [1.82, 2.24) is 9.78 Å². The van der Waals surface area contributed by atoms with Crippen LogP contribution in [0.1, 0.15) is 15.8 Å². The first kappa shape index (κ1) is 11.0. The molecule has 6 heteroatoms. The molecule has 1 aliphatic rings. The number of aromatic nitrogens is 2. The summed E-state index contributed by atoms with van der Waals surface area (Å²) >= 11 is 1.65. The second kappa shape index (κ2) is 3.99. The number of hydrogen-bond donors (Lipinski definition) is 2. The number of nitrogens with zero attached hydrogens (tertiary/aromatic N) is 2. The first-order valence-electron chi connectivity index (χ1n) is 5.47. The highest BCUT2D eigenvalue weighted by molar-refractivity contribution is 7.12. The minimum atomic E-state index is -0.958. The Labute approximate surface area is 107 Å². The Bertz CT molecular complexity index is 641. The summed E-state index contributed by atoms with van der Waals surface area (Å²) in [6.45, 7) is 2.03. The number of hydrogen-bond acceptors (Lipinski definition) is 4. The highest BCUT2D eigenvalue weighted by Gasteiger charge is 2.25. The van der Waals surface area contributed by atoms with Gasteiger partial charge in [-0.15, -0.1) is 11.3 Å². The third-order valence-corrected chi connectivity index (χ3v) is 3.88. The van der Waals surface area contributed by atoms with Crippen LogP contribution in [0.15, 0.2) is 36.2 Å². The smallest absolute Gasteiger partial charge is 0.352 e. The molecule has 0 bridgehead atoms. The highest BCUT2D eigenvalue weighted by Crippen LogP contribution is 2.33. The number of nitrogens with one attached hydrogen (secondary N) is 1. The van der Waals surface area contributed by atoms with Crippen LogP contribution in [-0.4, -0.2) is 20.9 Å². The number of fused-ring (bicyclic) bond motifs is 1. The molecule has 3 rings (SSSR count). The van der Waals surface area contributed by atoms with Gasteiger partial charge in [0.05, 0.1) is 6.20 Å². The molecule has 0 aliphatic carbocycles. The zero-order valence-corrected chi connectivity index (χ0v) is 10.4. The third kappa shape index (κ3) is 1.70. The summed E-state index contributed by atoms with van der Waals surface area (Å²) in [5, 5.41) is 16.2. The molecule has 18 heavy (non-hydrogen) atoms. The van der Waals surface area contributed by atoms with Crippen LogP contribution >= 0.6 is 11.3 Å². The van der Waals surface area contributed by atoms with E-state index in [0.29, 0.717) is 5.82 Å². The number of rotatable bonds is 2. The molecule has 5 nitrogen and oxygen atoms in total. The van der Waals surface area contributed by atoms with E-state index in [4.69, 9.17) is 5.11 Å². The van der Waals surface area contributed by atoms with Gasteiger partial charge in [0, 0.05) is 15.8 Å². The van der Waals surface area contributed by atoms with Gasteiger partial charge in [-0.05, 0) is 25.1 Å². The number of carboxylic acid groups (broad SMARTS) is 1. The maximum atomic E-state index is 11.1. The lowest BCUT2D eigenvalue weighted by Gasteiger charge is -2.22. The van der Waals surface area contributed by atoms with E-state index in [0.717, 1.165) is 4.88 Å². The lowest BCUT2D eigenvalue weighted by Crippen LogP contribution is -2.23. The standard InChI is InChI=1S/C12H11N3O2S/c1-7-2-3-10(18-7)9-6-8(12(16)17)14-11-4-5-13-15(9)11/h2-6,9,14H,1H3,(H,16,17). The van der Waals surface area contributed by atoms with Crippen LogP contribution in [0.4, 0.5) is 5.82 Å². The van der Waals surface area contributed by atoms with Gasteiger partial charge in [-0.2, -0.15) is 5.10 Å². The molecular weight excluding hydrogens is 250 g/mol. The SMILES string of the molecule is Cc1ccc(C2C=C(C(=O)O)Nc3ccnn32)s1. The van der Waals surface area contributed by atoms with E-state index in [1.165, 1.54) is 4.88 Å². The van der Waals surface area contributed by atoms with Crippen molar-refractivity contribution in [3.63, 3.8) is 0 Å². The molecule has 1 unspecified atom stereocenters. The topological polar surface area (TPSA) is 67.2 Å². The van der Waals surface area contributed by atoms with Crippen molar-refractivity contribution in [3.8, 4) is 0 Å². The molecule has 0 saturated heterocycles. The van der Waals surface area contributed by atoms with Crippen LogP contribution in [0.2, 0.25) is 0 Å². The number of anilines is 1. The molecular formula is C12H11N3O2S. The van der Waals surface area contributed by atoms with Gasteiger partial charge < -0.3 is 10.4 Å². The fourth-order valence-corrected chi connectivity index (χ4v) is 2.92.